The molecule has 2 aromatic rings. The van der Waals surface area contributed by atoms with Gasteiger partial charge in [-0.2, -0.15) is 0 Å². The van der Waals surface area contributed by atoms with E-state index in [0.29, 0.717) is 5.56 Å². The molecule has 0 aliphatic rings. The number of carbonyl (C=O) groups excluding carboxylic acids is 1. The quantitative estimate of drug-likeness (QED) is 0.369. The third-order valence-electron chi connectivity index (χ3n) is 2.66. The van der Waals surface area contributed by atoms with Gasteiger partial charge in [-0.3, -0.25) is 14.9 Å². The number of hydrogen-bond acceptors (Lipinski definition) is 3. The van der Waals surface area contributed by atoms with E-state index in [1.54, 1.807) is 6.07 Å². The van der Waals surface area contributed by atoms with Gasteiger partial charge in [-0.05, 0) is 29.8 Å². The van der Waals surface area contributed by atoms with Crippen LogP contribution in [0, 0.1) is 15.9 Å². The second kappa shape index (κ2) is 5.88. The maximum absolute atomic E-state index is 12.7. The van der Waals surface area contributed by atoms with Gasteiger partial charge in [-0.15, -0.1) is 0 Å². The first kappa shape index (κ1) is 13.6. The third-order valence-corrected chi connectivity index (χ3v) is 2.66. The van der Waals surface area contributed by atoms with Crippen LogP contribution in [-0.2, 0) is 0 Å². The van der Waals surface area contributed by atoms with E-state index in [1.807, 2.05) is 0 Å². The van der Waals surface area contributed by atoms with Crippen molar-refractivity contribution >= 4 is 17.5 Å². The van der Waals surface area contributed by atoms with Gasteiger partial charge in [0.15, 0.2) is 5.78 Å². The molecule has 0 atom stereocenters. The first-order chi connectivity index (χ1) is 9.58. The lowest BCUT2D eigenvalue weighted by molar-refractivity contribution is -0.385. The number of allylic oxidation sites excluding steroid dienone is 1. The third kappa shape index (κ3) is 3.14. The zero-order valence-electron chi connectivity index (χ0n) is 10.3. The highest BCUT2D eigenvalue weighted by molar-refractivity contribution is 6.09. The summed E-state index contributed by atoms with van der Waals surface area (Å²) in [7, 11) is 0. The number of ketones is 1. The summed E-state index contributed by atoms with van der Waals surface area (Å²) in [5.74, 6) is -0.839. The summed E-state index contributed by atoms with van der Waals surface area (Å²) in [4.78, 5) is 22.2. The molecule has 0 saturated carbocycles. The van der Waals surface area contributed by atoms with E-state index in [9.17, 15) is 19.3 Å². The van der Waals surface area contributed by atoms with Crippen LogP contribution in [0.25, 0.3) is 6.08 Å². The Morgan fingerprint density at radius 2 is 1.75 bits per heavy atom. The van der Waals surface area contributed by atoms with E-state index in [0.717, 1.165) is 0 Å². The van der Waals surface area contributed by atoms with Crippen molar-refractivity contribution in [2.45, 2.75) is 0 Å². The van der Waals surface area contributed by atoms with Crippen LogP contribution in [0.4, 0.5) is 10.1 Å². The number of benzene rings is 2. The van der Waals surface area contributed by atoms with E-state index in [4.69, 9.17) is 0 Å². The van der Waals surface area contributed by atoms with Gasteiger partial charge in [0.2, 0.25) is 0 Å². The van der Waals surface area contributed by atoms with Crippen molar-refractivity contribution in [3.8, 4) is 0 Å². The van der Waals surface area contributed by atoms with Crippen molar-refractivity contribution in [3.63, 3.8) is 0 Å². The molecule has 0 aromatic heterocycles. The molecule has 0 saturated heterocycles. The van der Waals surface area contributed by atoms with E-state index in [2.05, 4.69) is 0 Å². The average Bonchev–Trinajstić information content (AvgIpc) is 2.46. The summed E-state index contributed by atoms with van der Waals surface area (Å²) in [6.07, 6.45) is 2.72. The summed E-state index contributed by atoms with van der Waals surface area (Å²) in [5, 5.41) is 10.8. The molecule has 4 nitrogen and oxygen atoms in total. The largest absolute Gasteiger partial charge is 0.289 e. The highest BCUT2D eigenvalue weighted by atomic mass is 19.1. The standard InChI is InChI=1S/C15H10FNO3/c16-12-8-5-11(6-9-12)7-10-15(18)13-3-1-2-4-14(13)17(19)20/h1-10H/b10-7+. The summed E-state index contributed by atoms with van der Waals surface area (Å²) < 4.78 is 12.7. The lowest BCUT2D eigenvalue weighted by Gasteiger charge is -1.98. The van der Waals surface area contributed by atoms with Gasteiger partial charge >= 0.3 is 0 Å². The Hall–Kier alpha value is -2.82. The van der Waals surface area contributed by atoms with E-state index in [-0.39, 0.29) is 17.1 Å². The van der Waals surface area contributed by atoms with Crippen LogP contribution in [0.3, 0.4) is 0 Å². The highest BCUT2D eigenvalue weighted by Gasteiger charge is 2.16. The number of nitro benzene ring substituents is 1. The maximum atomic E-state index is 12.7. The molecule has 0 radical (unpaired) electrons. The second-order valence-corrected chi connectivity index (χ2v) is 4.02. The molecular weight excluding hydrogens is 261 g/mol. The first-order valence-electron chi connectivity index (χ1n) is 5.79. The van der Waals surface area contributed by atoms with E-state index >= 15 is 0 Å². The van der Waals surface area contributed by atoms with Gasteiger partial charge < -0.3 is 0 Å². The summed E-state index contributed by atoms with van der Waals surface area (Å²) in [6, 6.07) is 11.3. The molecule has 0 aliphatic carbocycles. The summed E-state index contributed by atoms with van der Waals surface area (Å²) in [6.45, 7) is 0. The van der Waals surface area contributed by atoms with Gasteiger partial charge in [0.1, 0.15) is 5.82 Å². The number of carbonyl (C=O) groups is 1. The normalized spacial score (nSPS) is 10.7. The molecule has 20 heavy (non-hydrogen) atoms. The smallest absolute Gasteiger partial charge is 0.280 e. The van der Waals surface area contributed by atoms with Crippen LogP contribution in [0.15, 0.2) is 54.6 Å². The topological polar surface area (TPSA) is 60.2 Å². The predicted octanol–water partition coefficient (Wildman–Crippen LogP) is 3.63. The number of para-hydroxylation sites is 1. The minimum Gasteiger partial charge on any atom is -0.289 e. The van der Waals surface area contributed by atoms with Gasteiger partial charge in [0.05, 0.1) is 10.5 Å². The number of hydrogen-bond donors (Lipinski definition) is 0. The molecule has 0 aliphatic heterocycles. The molecule has 0 unspecified atom stereocenters. The van der Waals surface area contributed by atoms with Crippen LogP contribution in [0.5, 0.6) is 0 Å². The SMILES string of the molecule is O=C(/C=C/c1ccc(F)cc1)c1ccccc1[N+](=O)[O-]. The minimum atomic E-state index is -0.598. The fourth-order valence-corrected chi connectivity index (χ4v) is 1.68. The van der Waals surface area contributed by atoms with Crippen LogP contribution < -0.4 is 0 Å². The molecule has 0 heterocycles. The minimum absolute atomic E-state index is 0.0239. The number of halogens is 1. The van der Waals surface area contributed by atoms with Crippen LogP contribution in [0.1, 0.15) is 15.9 Å². The molecule has 2 rings (SSSR count). The van der Waals surface area contributed by atoms with Crippen molar-refractivity contribution in [3.05, 3.63) is 81.7 Å². The Morgan fingerprint density at radius 3 is 2.40 bits per heavy atom. The van der Waals surface area contributed by atoms with Gasteiger partial charge in [0.25, 0.3) is 5.69 Å². The Labute approximate surface area is 114 Å². The molecule has 2 aromatic carbocycles. The zero-order valence-corrected chi connectivity index (χ0v) is 10.3. The Morgan fingerprint density at radius 1 is 1.10 bits per heavy atom. The molecule has 100 valence electrons. The van der Waals surface area contributed by atoms with Gasteiger partial charge in [-0.25, -0.2) is 4.39 Å². The fourth-order valence-electron chi connectivity index (χ4n) is 1.68. The number of rotatable bonds is 4. The summed E-state index contributed by atoms with van der Waals surface area (Å²) in [5.41, 5.74) is 0.426. The molecule has 0 fully saturated rings. The predicted molar refractivity (Wildman–Crippen MR) is 72.9 cm³/mol. The highest BCUT2D eigenvalue weighted by Crippen LogP contribution is 2.19. The van der Waals surface area contributed by atoms with Crippen molar-refractivity contribution < 1.29 is 14.1 Å². The van der Waals surface area contributed by atoms with Crippen molar-refractivity contribution in [1.29, 1.82) is 0 Å². The molecular formula is C15H10FNO3. The summed E-state index contributed by atoms with van der Waals surface area (Å²) >= 11 is 0. The number of nitro groups is 1. The first-order valence-corrected chi connectivity index (χ1v) is 5.79. The molecule has 0 N–H and O–H groups in total. The van der Waals surface area contributed by atoms with Crippen LogP contribution in [0.2, 0.25) is 0 Å². The monoisotopic (exact) mass is 271 g/mol. The number of nitrogens with zero attached hydrogens (tertiary/aromatic N) is 1. The van der Waals surface area contributed by atoms with E-state index in [1.165, 1.54) is 54.6 Å². The lowest BCUT2D eigenvalue weighted by atomic mass is 10.1. The van der Waals surface area contributed by atoms with Crippen molar-refractivity contribution in [2.24, 2.45) is 0 Å². The molecule has 5 heteroatoms. The molecule has 0 bridgehead atoms. The van der Waals surface area contributed by atoms with E-state index < -0.39 is 10.7 Å². The van der Waals surface area contributed by atoms with Gasteiger partial charge in [0, 0.05) is 6.07 Å². The zero-order chi connectivity index (χ0) is 14.5. The van der Waals surface area contributed by atoms with Crippen molar-refractivity contribution in [1.82, 2.24) is 0 Å². The van der Waals surface area contributed by atoms with Crippen LogP contribution >= 0.6 is 0 Å². The average molecular weight is 271 g/mol. The molecule has 0 spiro atoms. The Bertz CT molecular complexity index is 678. The maximum Gasteiger partial charge on any atom is 0.280 e. The fraction of sp³-hybridized carbons (Fsp3) is 0. The Balaban J connectivity index is 2.24. The molecule has 0 amide bonds. The Kier molecular flexibility index (Phi) is 4.00. The lowest BCUT2D eigenvalue weighted by Crippen LogP contribution is -2.00. The van der Waals surface area contributed by atoms with Gasteiger partial charge in [-0.1, -0.05) is 30.3 Å². The van der Waals surface area contributed by atoms with Crippen molar-refractivity contribution in [2.75, 3.05) is 0 Å². The second-order valence-electron chi connectivity index (χ2n) is 4.02. The van der Waals surface area contributed by atoms with Crippen LogP contribution in [-0.4, -0.2) is 10.7 Å².